The summed E-state index contributed by atoms with van der Waals surface area (Å²) in [7, 11) is -3.97. The molecule has 2 aromatic rings. The summed E-state index contributed by atoms with van der Waals surface area (Å²) >= 11 is 0. The van der Waals surface area contributed by atoms with Crippen molar-refractivity contribution >= 4 is 21.7 Å². The van der Waals surface area contributed by atoms with Gasteiger partial charge in [-0.1, -0.05) is 30.3 Å². The van der Waals surface area contributed by atoms with Crippen LogP contribution < -0.4 is 9.04 Å². The summed E-state index contributed by atoms with van der Waals surface area (Å²) in [5, 5.41) is 0. The van der Waals surface area contributed by atoms with E-state index in [2.05, 4.69) is 0 Å². The molecule has 0 aliphatic carbocycles. The number of hydrogen-bond acceptors (Lipinski definition) is 5. The van der Waals surface area contributed by atoms with E-state index in [0.29, 0.717) is 18.0 Å². The number of hydrogen-bond donors (Lipinski definition) is 0. The van der Waals surface area contributed by atoms with Gasteiger partial charge < -0.3 is 9.47 Å². The first kappa shape index (κ1) is 19.8. The molecule has 0 saturated heterocycles. The molecular weight excluding hydrogens is 354 g/mol. The van der Waals surface area contributed by atoms with Crippen molar-refractivity contribution in [2.45, 2.75) is 31.8 Å². The molecule has 26 heavy (non-hydrogen) atoms. The lowest BCUT2D eigenvalue weighted by molar-refractivity contribution is -0.145. The molecule has 0 spiro atoms. The molecule has 0 aliphatic heterocycles. The molecule has 0 unspecified atom stereocenters. The zero-order valence-electron chi connectivity index (χ0n) is 15.1. The van der Waals surface area contributed by atoms with E-state index in [1.807, 2.05) is 0 Å². The molecule has 0 N–H and O–H groups in total. The maximum Gasteiger partial charge on any atom is 0.327 e. The summed E-state index contributed by atoms with van der Waals surface area (Å²) in [6.45, 7) is 5.15. The minimum absolute atomic E-state index is 0.0867. The minimum atomic E-state index is -3.97. The van der Waals surface area contributed by atoms with Crippen LogP contribution in [0.2, 0.25) is 0 Å². The van der Waals surface area contributed by atoms with Gasteiger partial charge in [-0.2, -0.15) is 0 Å². The normalized spacial score (nSPS) is 11.2. The summed E-state index contributed by atoms with van der Waals surface area (Å²) in [5.41, 5.74) is 0.291. The van der Waals surface area contributed by atoms with Crippen LogP contribution in [0.5, 0.6) is 5.75 Å². The fourth-order valence-corrected chi connectivity index (χ4v) is 3.82. The number of nitrogens with zero attached hydrogens (tertiary/aromatic N) is 1. The Hall–Kier alpha value is -2.54. The predicted octanol–water partition coefficient (Wildman–Crippen LogP) is 3.23. The van der Waals surface area contributed by atoms with Crippen LogP contribution in [-0.4, -0.2) is 33.6 Å². The lowest BCUT2D eigenvalue weighted by Crippen LogP contribution is -2.37. The Labute approximate surface area is 154 Å². The van der Waals surface area contributed by atoms with E-state index in [1.54, 1.807) is 63.2 Å². The van der Waals surface area contributed by atoms with Gasteiger partial charge in [0, 0.05) is 0 Å². The van der Waals surface area contributed by atoms with Crippen molar-refractivity contribution in [3.63, 3.8) is 0 Å². The first-order chi connectivity index (χ1) is 12.4. The monoisotopic (exact) mass is 377 g/mol. The number of ether oxygens (including phenoxy) is 2. The average Bonchev–Trinajstić information content (AvgIpc) is 2.61. The highest BCUT2D eigenvalue weighted by Gasteiger charge is 2.30. The largest absolute Gasteiger partial charge is 0.492 e. The SMILES string of the molecule is CCOc1ccccc1N(CC(=O)OC(C)C)S(=O)(=O)c1ccccc1. The topological polar surface area (TPSA) is 72.9 Å². The molecule has 2 rings (SSSR count). The van der Waals surface area contributed by atoms with Gasteiger partial charge in [0.1, 0.15) is 12.3 Å². The van der Waals surface area contributed by atoms with Crippen LogP contribution in [0.4, 0.5) is 5.69 Å². The molecule has 0 saturated carbocycles. The van der Waals surface area contributed by atoms with Gasteiger partial charge in [-0.05, 0) is 45.0 Å². The van der Waals surface area contributed by atoms with Crippen LogP contribution >= 0.6 is 0 Å². The number of sulfonamides is 1. The zero-order chi connectivity index (χ0) is 19.2. The van der Waals surface area contributed by atoms with E-state index in [4.69, 9.17) is 9.47 Å². The van der Waals surface area contributed by atoms with Crippen LogP contribution in [-0.2, 0) is 19.6 Å². The molecule has 0 aromatic heterocycles. The summed E-state index contributed by atoms with van der Waals surface area (Å²) in [5.74, 6) is -0.252. The van der Waals surface area contributed by atoms with Crippen molar-refractivity contribution in [3.05, 3.63) is 54.6 Å². The van der Waals surface area contributed by atoms with Gasteiger partial charge in [0.2, 0.25) is 0 Å². The van der Waals surface area contributed by atoms with Crippen LogP contribution in [0.25, 0.3) is 0 Å². The second kappa shape index (κ2) is 8.71. The van der Waals surface area contributed by atoms with Crippen molar-refractivity contribution < 1.29 is 22.7 Å². The van der Waals surface area contributed by atoms with Gasteiger partial charge in [-0.3, -0.25) is 9.10 Å². The highest BCUT2D eigenvalue weighted by Crippen LogP contribution is 2.32. The standard InChI is InChI=1S/C19H23NO5S/c1-4-24-18-13-9-8-12-17(18)20(14-19(21)25-15(2)3)26(22,23)16-10-6-5-7-11-16/h5-13,15H,4,14H2,1-3H3. The molecule has 0 bridgehead atoms. The lowest BCUT2D eigenvalue weighted by Gasteiger charge is -2.26. The van der Waals surface area contributed by atoms with Crippen molar-refractivity contribution in [2.75, 3.05) is 17.5 Å². The Morgan fingerprint density at radius 2 is 1.65 bits per heavy atom. The molecule has 0 radical (unpaired) electrons. The van der Waals surface area contributed by atoms with Gasteiger partial charge in [-0.25, -0.2) is 8.42 Å². The third kappa shape index (κ3) is 4.76. The number of carbonyl (C=O) groups excluding carboxylic acids is 1. The van der Waals surface area contributed by atoms with Crippen molar-refractivity contribution in [3.8, 4) is 5.75 Å². The van der Waals surface area contributed by atoms with Crippen molar-refractivity contribution in [1.29, 1.82) is 0 Å². The van der Waals surface area contributed by atoms with E-state index in [-0.39, 0.29) is 11.0 Å². The summed E-state index contributed by atoms with van der Waals surface area (Å²) in [6, 6.07) is 14.7. The van der Waals surface area contributed by atoms with Gasteiger partial charge in [0.25, 0.3) is 10.0 Å². The molecule has 0 fully saturated rings. The Balaban J connectivity index is 2.51. The first-order valence-electron chi connectivity index (χ1n) is 8.35. The number of rotatable bonds is 8. The minimum Gasteiger partial charge on any atom is -0.492 e. The predicted molar refractivity (Wildman–Crippen MR) is 99.8 cm³/mol. The Kier molecular flexibility index (Phi) is 6.63. The summed E-state index contributed by atoms with van der Waals surface area (Å²) in [6.07, 6.45) is -0.342. The van der Waals surface area contributed by atoms with E-state index < -0.39 is 22.5 Å². The van der Waals surface area contributed by atoms with E-state index in [9.17, 15) is 13.2 Å². The van der Waals surface area contributed by atoms with Crippen LogP contribution in [0.1, 0.15) is 20.8 Å². The second-order valence-electron chi connectivity index (χ2n) is 5.76. The Morgan fingerprint density at radius 3 is 2.27 bits per heavy atom. The summed E-state index contributed by atoms with van der Waals surface area (Å²) < 4.78 is 38.1. The van der Waals surface area contributed by atoms with E-state index in [0.717, 1.165) is 4.31 Å². The zero-order valence-corrected chi connectivity index (χ0v) is 15.9. The molecular formula is C19H23NO5S. The third-order valence-corrected chi connectivity index (χ3v) is 5.18. The quantitative estimate of drug-likeness (QED) is 0.661. The maximum atomic E-state index is 13.2. The number of esters is 1. The Bertz CT molecular complexity index is 834. The van der Waals surface area contributed by atoms with Gasteiger partial charge in [0.15, 0.2) is 0 Å². The first-order valence-corrected chi connectivity index (χ1v) is 9.79. The number of para-hydroxylation sites is 2. The molecule has 0 heterocycles. The molecule has 6 nitrogen and oxygen atoms in total. The average molecular weight is 377 g/mol. The highest BCUT2D eigenvalue weighted by atomic mass is 32.2. The van der Waals surface area contributed by atoms with Gasteiger partial charge >= 0.3 is 5.97 Å². The fourth-order valence-electron chi connectivity index (χ4n) is 2.38. The molecule has 140 valence electrons. The Morgan fingerprint density at radius 1 is 1.04 bits per heavy atom. The number of anilines is 1. The summed E-state index contributed by atoms with van der Waals surface area (Å²) in [4.78, 5) is 12.3. The molecule has 7 heteroatoms. The third-order valence-electron chi connectivity index (χ3n) is 3.40. The highest BCUT2D eigenvalue weighted by molar-refractivity contribution is 7.92. The fraction of sp³-hybridized carbons (Fsp3) is 0.316. The molecule has 0 amide bonds. The van der Waals surface area contributed by atoms with Crippen molar-refractivity contribution in [1.82, 2.24) is 0 Å². The van der Waals surface area contributed by atoms with Crippen LogP contribution in [0, 0.1) is 0 Å². The van der Waals surface area contributed by atoms with Crippen molar-refractivity contribution in [2.24, 2.45) is 0 Å². The number of benzene rings is 2. The van der Waals surface area contributed by atoms with Crippen LogP contribution in [0.3, 0.4) is 0 Å². The molecule has 0 aliphatic rings. The van der Waals surface area contributed by atoms with Gasteiger partial charge in [0.05, 0.1) is 23.3 Å². The van der Waals surface area contributed by atoms with Gasteiger partial charge in [-0.15, -0.1) is 0 Å². The smallest absolute Gasteiger partial charge is 0.327 e. The second-order valence-corrected chi connectivity index (χ2v) is 7.63. The van der Waals surface area contributed by atoms with E-state index >= 15 is 0 Å². The van der Waals surface area contributed by atoms with E-state index in [1.165, 1.54) is 12.1 Å². The molecule has 2 aromatic carbocycles. The lowest BCUT2D eigenvalue weighted by atomic mass is 10.3. The molecule has 0 atom stereocenters. The maximum absolute atomic E-state index is 13.2. The number of carbonyl (C=O) groups is 1. The van der Waals surface area contributed by atoms with Crippen LogP contribution in [0.15, 0.2) is 59.5 Å².